The molecule has 0 aliphatic heterocycles. The number of benzene rings is 2. The van der Waals surface area contributed by atoms with Crippen LogP contribution in [0.5, 0.6) is 17.2 Å². The van der Waals surface area contributed by atoms with E-state index >= 15 is 0 Å². The highest BCUT2D eigenvalue weighted by molar-refractivity contribution is 6.30. The van der Waals surface area contributed by atoms with Crippen LogP contribution in [0.2, 0.25) is 0 Å². The lowest BCUT2D eigenvalue weighted by Crippen LogP contribution is -2.22. The fourth-order valence-corrected chi connectivity index (χ4v) is 2.73. The third-order valence-electron chi connectivity index (χ3n) is 3.87. The minimum Gasteiger partial charge on any atom is -0.507 e. The Bertz CT molecular complexity index is 820. The van der Waals surface area contributed by atoms with Gasteiger partial charge in [0.2, 0.25) is 5.78 Å². The van der Waals surface area contributed by atoms with E-state index in [1.807, 2.05) is 0 Å². The molecule has 1 aliphatic rings. The minimum atomic E-state index is -0.443. The predicted molar refractivity (Wildman–Crippen MR) is 79.3 cm³/mol. The van der Waals surface area contributed by atoms with Crippen molar-refractivity contribution >= 4 is 11.6 Å². The number of methoxy groups -OCH3 is 2. The minimum absolute atomic E-state index is 0.0176. The molecule has 0 amide bonds. The number of phenols is 1. The van der Waals surface area contributed by atoms with Crippen LogP contribution in [-0.4, -0.2) is 30.9 Å². The third kappa shape index (κ3) is 1.72. The van der Waals surface area contributed by atoms with Gasteiger partial charge in [0.25, 0.3) is 0 Å². The molecule has 0 atom stereocenters. The van der Waals surface area contributed by atoms with E-state index in [2.05, 4.69) is 0 Å². The average molecular weight is 298 g/mol. The first-order valence-electron chi connectivity index (χ1n) is 6.68. The van der Waals surface area contributed by atoms with Gasteiger partial charge in [0.15, 0.2) is 17.3 Å². The van der Waals surface area contributed by atoms with Gasteiger partial charge < -0.3 is 14.6 Å². The quantitative estimate of drug-likeness (QED) is 0.787. The second-order valence-corrected chi connectivity index (χ2v) is 5.04. The van der Waals surface area contributed by atoms with Crippen LogP contribution in [0.25, 0.3) is 0 Å². The number of rotatable bonds is 2. The standard InChI is InChI=1S/C17H14O5/c1-8-4-5-9-12(14(8)18)16(20)13-10(15(9)19)6-7-11(21-2)17(13)22-3/h4-7,18H,1-3H3. The SMILES string of the molecule is COc1ccc2c(c1OC)C(=O)c1c(ccc(C)c1O)C2=O. The highest BCUT2D eigenvalue weighted by Gasteiger charge is 2.36. The Kier molecular flexibility index (Phi) is 3.13. The van der Waals surface area contributed by atoms with Gasteiger partial charge in [-0.25, -0.2) is 0 Å². The summed E-state index contributed by atoms with van der Waals surface area (Å²) in [7, 11) is 2.86. The molecule has 1 aliphatic carbocycles. The molecule has 0 heterocycles. The number of carbonyl (C=O) groups excluding carboxylic acids is 2. The first-order chi connectivity index (χ1) is 10.5. The lowest BCUT2D eigenvalue weighted by molar-refractivity contribution is 0.0973. The molecule has 5 nitrogen and oxygen atoms in total. The molecule has 22 heavy (non-hydrogen) atoms. The van der Waals surface area contributed by atoms with E-state index in [4.69, 9.17) is 9.47 Å². The first kappa shape index (κ1) is 14.1. The maximum Gasteiger partial charge on any atom is 0.202 e. The number of fused-ring (bicyclic) bond motifs is 2. The molecule has 2 aromatic carbocycles. The number of aryl methyl sites for hydroxylation is 1. The summed E-state index contributed by atoms with van der Waals surface area (Å²) >= 11 is 0. The molecule has 2 aromatic rings. The third-order valence-corrected chi connectivity index (χ3v) is 3.87. The zero-order chi connectivity index (χ0) is 16.0. The summed E-state index contributed by atoms with van der Waals surface area (Å²) in [6.07, 6.45) is 0. The maximum absolute atomic E-state index is 12.8. The molecule has 112 valence electrons. The molecular formula is C17H14O5. The van der Waals surface area contributed by atoms with E-state index in [0.717, 1.165) is 0 Å². The molecular weight excluding hydrogens is 284 g/mol. The Morgan fingerprint density at radius 2 is 1.50 bits per heavy atom. The maximum atomic E-state index is 12.8. The van der Waals surface area contributed by atoms with Gasteiger partial charge in [-0.1, -0.05) is 6.07 Å². The monoisotopic (exact) mass is 298 g/mol. The van der Waals surface area contributed by atoms with Crippen LogP contribution in [0, 0.1) is 6.92 Å². The zero-order valence-corrected chi connectivity index (χ0v) is 12.4. The van der Waals surface area contributed by atoms with Gasteiger partial charge in [0, 0.05) is 11.1 Å². The molecule has 1 N–H and O–H groups in total. The summed E-state index contributed by atoms with van der Waals surface area (Å²) in [6.45, 7) is 1.67. The second-order valence-electron chi connectivity index (χ2n) is 5.04. The van der Waals surface area contributed by atoms with Crippen LogP contribution in [0.15, 0.2) is 24.3 Å². The van der Waals surface area contributed by atoms with Gasteiger partial charge in [0.05, 0.1) is 25.3 Å². The fourth-order valence-electron chi connectivity index (χ4n) is 2.73. The van der Waals surface area contributed by atoms with Gasteiger partial charge in [-0.2, -0.15) is 0 Å². The lowest BCUT2D eigenvalue weighted by atomic mass is 9.82. The van der Waals surface area contributed by atoms with E-state index < -0.39 is 5.78 Å². The number of carbonyl (C=O) groups is 2. The number of hydrogen-bond acceptors (Lipinski definition) is 5. The van der Waals surface area contributed by atoms with Gasteiger partial charge in [-0.3, -0.25) is 9.59 Å². The number of phenolic OH excluding ortho intramolecular Hbond substituents is 1. The Hall–Kier alpha value is -2.82. The first-order valence-corrected chi connectivity index (χ1v) is 6.68. The second kappa shape index (κ2) is 4.87. The molecule has 0 aromatic heterocycles. The number of hydrogen-bond donors (Lipinski definition) is 1. The normalized spacial score (nSPS) is 12.7. The molecule has 0 saturated heterocycles. The molecule has 0 fully saturated rings. The molecule has 3 rings (SSSR count). The predicted octanol–water partition coefficient (Wildman–Crippen LogP) is 2.49. The Balaban J connectivity index is 2.37. The van der Waals surface area contributed by atoms with Crippen LogP contribution >= 0.6 is 0 Å². The van der Waals surface area contributed by atoms with Crippen molar-refractivity contribution in [1.82, 2.24) is 0 Å². The highest BCUT2D eigenvalue weighted by atomic mass is 16.5. The molecule has 0 radical (unpaired) electrons. The molecule has 0 unspecified atom stereocenters. The molecule has 0 spiro atoms. The van der Waals surface area contributed by atoms with Crippen LogP contribution < -0.4 is 9.47 Å². The van der Waals surface area contributed by atoms with Crippen molar-refractivity contribution in [2.45, 2.75) is 6.92 Å². The van der Waals surface area contributed by atoms with Gasteiger partial charge in [-0.05, 0) is 30.7 Å². The summed E-state index contributed by atoms with van der Waals surface area (Å²) in [5, 5.41) is 10.2. The Morgan fingerprint density at radius 1 is 0.864 bits per heavy atom. The van der Waals surface area contributed by atoms with Crippen molar-refractivity contribution in [2.24, 2.45) is 0 Å². The van der Waals surface area contributed by atoms with Crippen LogP contribution in [0.4, 0.5) is 0 Å². The van der Waals surface area contributed by atoms with Crippen LogP contribution in [0.1, 0.15) is 37.4 Å². The summed E-state index contributed by atoms with van der Waals surface area (Å²) in [5.74, 6) is -0.378. The van der Waals surface area contributed by atoms with Crippen molar-refractivity contribution in [3.63, 3.8) is 0 Å². The van der Waals surface area contributed by atoms with Crippen molar-refractivity contribution < 1.29 is 24.2 Å². The summed E-state index contributed by atoms with van der Waals surface area (Å²) < 4.78 is 10.4. The lowest BCUT2D eigenvalue weighted by Gasteiger charge is -2.22. The van der Waals surface area contributed by atoms with Gasteiger partial charge in [0.1, 0.15) is 5.75 Å². The summed E-state index contributed by atoms with van der Waals surface area (Å²) in [5.41, 5.74) is 1.13. The summed E-state index contributed by atoms with van der Waals surface area (Å²) in [4.78, 5) is 25.5. The Labute approximate surface area is 127 Å². The average Bonchev–Trinajstić information content (AvgIpc) is 2.53. The number of ketones is 2. The van der Waals surface area contributed by atoms with Gasteiger partial charge in [-0.15, -0.1) is 0 Å². The number of ether oxygens (including phenoxy) is 2. The molecule has 5 heteroatoms. The molecule has 0 saturated carbocycles. The van der Waals surface area contributed by atoms with E-state index in [1.54, 1.807) is 25.1 Å². The Morgan fingerprint density at radius 3 is 2.14 bits per heavy atom. The smallest absolute Gasteiger partial charge is 0.202 e. The van der Waals surface area contributed by atoms with E-state index in [9.17, 15) is 14.7 Å². The van der Waals surface area contributed by atoms with E-state index in [1.165, 1.54) is 20.3 Å². The van der Waals surface area contributed by atoms with Gasteiger partial charge >= 0.3 is 0 Å². The van der Waals surface area contributed by atoms with Crippen LogP contribution in [-0.2, 0) is 0 Å². The largest absolute Gasteiger partial charge is 0.507 e. The van der Waals surface area contributed by atoms with E-state index in [0.29, 0.717) is 11.3 Å². The summed E-state index contributed by atoms with van der Waals surface area (Å²) in [6, 6.07) is 6.30. The van der Waals surface area contributed by atoms with E-state index in [-0.39, 0.29) is 39.5 Å². The van der Waals surface area contributed by atoms with Crippen molar-refractivity contribution in [3.05, 3.63) is 52.1 Å². The van der Waals surface area contributed by atoms with Crippen LogP contribution in [0.3, 0.4) is 0 Å². The number of aromatic hydroxyl groups is 1. The highest BCUT2D eigenvalue weighted by Crippen LogP contribution is 2.41. The van der Waals surface area contributed by atoms with Crippen molar-refractivity contribution in [2.75, 3.05) is 14.2 Å². The topological polar surface area (TPSA) is 72.8 Å². The molecule has 0 bridgehead atoms. The fraction of sp³-hybridized carbons (Fsp3) is 0.176. The van der Waals surface area contributed by atoms with Crippen molar-refractivity contribution in [3.8, 4) is 17.2 Å². The zero-order valence-electron chi connectivity index (χ0n) is 12.4. The van der Waals surface area contributed by atoms with Crippen molar-refractivity contribution in [1.29, 1.82) is 0 Å².